The van der Waals surface area contributed by atoms with Gasteiger partial charge in [-0.2, -0.15) is 0 Å². The van der Waals surface area contributed by atoms with E-state index in [1.54, 1.807) is 0 Å². The van der Waals surface area contributed by atoms with E-state index in [0.717, 1.165) is 29.6 Å². The molecular weight excluding hydrogens is 326 g/mol. The predicted molar refractivity (Wildman–Crippen MR) is 90.8 cm³/mol. The molecule has 0 unspecified atom stereocenters. The first-order chi connectivity index (χ1) is 10.2. The summed E-state index contributed by atoms with van der Waals surface area (Å²) in [6.07, 6.45) is 6.92. The molecule has 0 fully saturated rings. The number of benzene rings is 1. The zero-order valence-corrected chi connectivity index (χ0v) is 14.1. The normalized spacial score (nSPS) is 10.8. The molecule has 0 bridgehead atoms. The first-order valence-electron chi connectivity index (χ1n) is 7.63. The van der Waals surface area contributed by atoms with Crippen LogP contribution in [0.1, 0.15) is 48.7 Å². The molecule has 1 aromatic heterocycles. The van der Waals surface area contributed by atoms with Crippen LogP contribution in [0.25, 0.3) is 0 Å². The molecule has 0 atom stereocenters. The Morgan fingerprint density at radius 3 is 2.81 bits per heavy atom. The van der Waals surface area contributed by atoms with Crippen LogP contribution in [-0.2, 0) is 13.0 Å². The summed E-state index contributed by atoms with van der Waals surface area (Å²) in [6, 6.07) is 12.1. The van der Waals surface area contributed by atoms with E-state index >= 15 is 0 Å². The molecule has 21 heavy (non-hydrogen) atoms. The van der Waals surface area contributed by atoms with Gasteiger partial charge in [-0.1, -0.05) is 47.8 Å². The minimum absolute atomic E-state index is 0.233. The lowest BCUT2D eigenvalue weighted by molar-refractivity contribution is 0.0973. The number of aromatic nitrogens is 1. The van der Waals surface area contributed by atoms with Crippen LogP contribution in [0.15, 0.2) is 47.1 Å². The van der Waals surface area contributed by atoms with Crippen molar-refractivity contribution < 1.29 is 4.79 Å². The molecule has 0 aliphatic rings. The van der Waals surface area contributed by atoms with Crippen LogP contribution in [-0.4, -0.2) is 10.4 Å². The maximum Gasteiger partial charge on any atom is 0.179 e. The minimum atomic E-state index is 0.233. The van der Waals surface area contributed by atoms with E-state index in [9.17, 15) is 4.79 Å². The summed E-state index contributed by atoms with van der Waals surface area (Å²) in [5, 5.41) is 0. The van der Waals surface area contributed by atoms with Crippen LogP contribution in [0.2, 0.25) is 0 Å². The van der Waals surface area contributed by atoms with Gasteiger partial charge >= 0.3 is 0 Å². The van der Waals surface area contributed by atoms with Crippen molar-refractivity contribution in [2.45, 2.75) is 45.6 Å². The van der Waals surface area contributed by atoms with Crippen LogP contribution in [0.4, 0.5) is 0 Å². The molecule has 3 heteroatoms. The third-order valence-electron chi connectivity index (χ3n) is 3.65. The summed E-state index contributed by atoms with van der Waals surface area (Å²) in [7, 11) is 0. The number of aryl methyl sites for hydroxylation is 2. The molecule has 0 radical (unpaired) electrons. The lowest BCUT2D eigenvalue weighted by Gasteiger charge is -2.08. The molecule has 112 valence electrons. The Morgan fingerprint density at radius 1 is 1.19 bits per heavy atom. The van der Waals surface area contributed by atoms with Gasteiger partial charge in [0, 0.05) is 23.6 Å². The monoisotopic (exact) mass is 347 g/mol. The van der Waals surface area contributed by atoms with E-state index < -0.39 is 0 Å². The molecule has 1 heterocycles. The first-order valence-corrected chi connectivity index (χ1v) is 8.43. The van der Waals surface area contributed by atoms with Crippen LogP contribution >= 0.6 is 15.9 Å². The largest absolute Gasteiger partial charge is 0.345 e. The maximum absolute atomic E-state index is 12.4. The Hall–Kier alpha value is -1.35. The van der Waals surface area contributed by atoms with Gasteiger partial charge in [0.25, 0.3) is 0 Å². The van der Waals surface area contributed by atoms with Crippen molar-refractivity contribution in [2.24, 2.45) is 0 Å². The van der Waals surface area contributed by atoms with Crippen LogP contribution in [0.5, 0.6) is 0 Å². The Morgan fingerprint density at radius 2 is 2.05 bits per heavy atom. The van der Waals surface area contributed by atoms with Crippen molar-refractivity contribution in [3.05, 3.63) is 58.3 Å². The summed E-state index contributed by atoms with van der Waals surface area (Å²) in [5.74, 6) is 0.233. The van der Waals surface area contributed by atoms with Gasteiger partial charge < -0.3 is 4.57 Å². The molecule has 0 spiro atoms. The molecule has 0 saturated carbocycles. The summed E-state index contributed by atoms with van der Waals surface area (Å²) in [5.41, 5.74) is 2.04. The molecule has 2 rings (SSSR count). The Balaban J connectivity index is 1.93. The summed E-state index contributed by atoms with van der Waals surface area (Å²) in [4.78, 5) is 12.4. The molecule has 0 saturated heterocycles. The van der Waals surface area contributed by atoms with E-state index in [-0.39, 0.29) is 5.78 Å². The second kappa shape index (κ2) is 8.18. The average Bonchev–Trinajstić information content (AvgIpc) is 2.94. The fourth-order valence-corrected chi connectivity index (χ4v) is 2.92. The number of carbonyl (C=O) groups excluding carboxylic acids is 1. The number of hydrogen-bond donors (Lipinski definition) is 0. The van der Waals surface area contributed by atoms with Gasteiger partial charge in [-0.05, 0) is 42.7 Å². The average molecular weight is 348 g/mol. The van der Waals surface area contributed by atoms with Gasteiger partial charge in [-0.3, -0.25) is 4.79 Å². The van der Waals surface area contributed by atoms with E-state index in [0.29, 0.717) is 6.42 Å². The first kappa shape index (κ1) is 16.0. The van der Waals surface area contributed by atoms with E-state index in [4.69, 9.17) is 0 Å². The van der Waals surface area contributed by atoms with Crippen LogP contribution in [0.3, 0.4) is 0 Å². The lowest BCUT2D eigenvalue weighted by Crippen LogP contribution is -2.09. The van der Waals surface area contributed by atoms with E-state index in [1.807, 2.05) is 30.5 Å². The number of unbranched alkanes of at least 4 members (excludes halogenated alkanes) is 2. The van der Waals surface area contributed by atoms with E-state index in [2.05, 4.69) is 39.6 Å². The van der Waals surface area contributed by atoms with Crippen molar-refractivity contribution in [3.63, 3.8) is 0 Å². The van der Waals surface area contributed by atoms with Crippen molar-refractivity contribution in [2.75, 3.05) is 0 Å². The van der Waals surface area contributed by atoms with Gasteiger partial charge in [-0.15, -0.1) is 0 Å². The second-order valence-electron chi connectivity index (χ2n) is 5.35. The highest BCUT2D eigenvalue weighted by Crippen LogP contribution is 2.15. The summed E-state index contributed by atoms with van der Waals surface area (Å²) < 4.78 is 3.16. The number of Topliss-reactive ketones (excluding diaryl/α,β-unsaturated/α-hetero) is 1. The van der Waals surface area contributed by atoms with Gasteiger partial charge in [0.1, 0.15) is 0 Å². The second-order valence-corrected chi connectivity index (χ2v) is 6.26. The Bertz CT molecular complexity index is 588. The van der Waals surface area contributed by atoms with Gasteiger partial charge in [-0.25, -0.2) is 0 Å². The zero-order valence-electron chi connectivity index (χ0n) is 12.5. The highest BCUT2D eigenvalue weighted by molar-refractivity contribution is 9.10. The molecule has 0 amide bonds. The Labute approximate surface area is 135 Å². The number of halogens is 1. The highest BCUT2D eigenvalue weighted by Gasteiger charge is 2.10. The Kier molecular flexibility index (Phi) is 6.24. The van der Waals surface area contributed by atoms with Crippen molar-refractivity contribution in [1.29, 1.82) is 0 Å². The predicted octanol–water partition coefficient (Wildman–Crippen LogP) is 5.26. The van der Waals surface area contributed by atoms with Crippen molar-refractivity contribution >= 4 is 21.7 Å². The zero-order chi connectivity index (χ0) is 15.1. The minimum Gasteiger partial charge on any atom is -0.345 e. The van der Waals surface area contributed by atoms with Crippen molar-refractivity contribution in [1.82, 2.24) is 4.57 Å². The molecule has 0 aliphatic heterocycles. The number of nitrogens with zero attached hydrogens (tertiary/aromatic N) is 1. The molecular formula is C18H22BrNO. The maximum atomic E-state index is 12.4. The quantitative estimate of drug-likeness (QED) is 0.471. The summed E-state index contributed by atoms with van der Waals surface area (Å²) >= 11 is 3.47. The van der Waals surface area contributed by atoms with E-state index in [1.165, 1.54) is 18.4 Å². The van der Waals surface area contributed by atoms with Gasteiger partial charge in [0.05, 0.1) is 5.69 Å². The fourth-order valence-electron chi connectivity index (χ4n) is 2.47. The summed E-state index contributed by atoms with van der Waals surface area (Å²) in [6.45, 7) is 3.14. The third kappa shape index (κ3) is 4.85. The van der Waals surface area contributed by atoms with Gasteiger partial charge in [0.15, 0.2) is 5.78 Å². The molecule has 2 aromatic rings. The number of rotatable bonds is 8. The number of hydrogen-bond acceptors (Lipinski definition) is 1. The molecule has 0 aliphatic carbocycles. The fraction of sp³-hybridized carbons (Fsp3) is 0.389. The molecule has 1 aromatic carbocycles. The van der Waals surface area contributed by atoms with Gasteiger partial charge in [0.2, 0.25) is 0 Å². The topological polar surface area (TPSA) is 22.0 Å². The highest BCUT2D eigenvalue weighted by atomic mass is 79.9. The van der Waals surface area contributed by atoms with Crippen LogP contribution < -0.4 is 0 Å². The van der Waals surface area contributed by atoms with Crippen LogP contribution in [0, 0.1) is 0 Å². The lowest BCUT2D eigenvalue weighted by atomic mass is 10.1. The standard InChI is InChI=1S/C18H22BrNO/c1-2-3-4-12-20-13-6-9-17(20)18(21)11-10-15-7-5-8-16(19)14-15/h5-9,13-14H,2-4,10-12H2,1H3. The number of ketones is 1. The molecule has 2 nitrogen and oxygen atoms in total. The third-order valence-corrected chi connectivity index (χ3v) is 4.14. The number of carbonyl (C=O) groups is 1. The van der Waals surface area contributed by atoms with Crippen molar-refractivity contribution in [3.8, 4) is 0 Å². The SMILES string of the molecule is CCCCCn1cccc1C(=O)CCc1cccc(Br)c1. The molecule has 0 N–H and O–H groups in total. The smallest absolute Gasteiger partial charge is 0.179 e.